The molecule has 0 amide bonds. The number of pyridine rings is 1. The van der Waals surface area contributed by atoms with Crippen molar-refractivity contribution in [1.29, 1.82) is 0 Å². The van der Waals surface area contributed by atoms with Gasteiger partial charge in [0.25, 0.3) is 0 Å². The van der Waals surface area contributed by atoms with Crippen molar-refractivity contribution in [2.75, 3.05) is 12.4 Å². The van der Waals surface area contributed by atoms with Crippen LogP contribution in [0.5, 0.6) is 0 Å². The van der Waals surface area contributed by atoms with Gasteiger partial charge in [0.2, 0.25) is 0 Å². The maximum Gasteiger partial charge on any atom is 0.131 e. The van der Waals surface area contributed by atoms with Crippen molar-refractivity contribution in [3.8, 4) is 0 Å². The topological polar surface area (TPSA) is 34.2 Å². The van der Waals surface area contributed by atoms with Gasteiger partial charge in [0, 0.05) is 18.8 Å². The predicted octanol–water partition coefficient (Wildman–Crippen LogP) is 2.05. The van der Waals surface area contributed by atoms with Crippen LogP contribution in [0.4, 0.5) is 5.82 Å². The first-order valence-corrected chi connectivity index (χ1v) is 4.47. The van der Waals surface area contributed by atoms with E-state index in [0.717, 1.165) is 11.4 Å². The van der Waals surface area contributed by atoms with Gasteiger partial charge in [-0.25, -0.2) is 4.98 Å². The second kappa shape index (κ2) is 4.82. The molecule has 0 fully saturated rings. The number of hydrogen-bond acceptors (Lipinski definition) is 3. The van der Waals surface area contributed by atoms with Gasteiger partial charge in [-0.15, -0.1) is 0 Å². The van der Waals surface area contributed by atoms with Gasteiger partial charge in [-0.2, -0.15) is 0 Å². The van der Waals surface area contributed by atoms with Crippen molar-refractivity contribution < 1.29 is 4.74 Å². The average molecular weight is 180 g/mol. The molecule has 0 aliphatic carbocycles. The molecule has 0 aromatic carbocycles. The zero-order valence-corrected chi connectivity index (χ0v) is 8.37. The van der Waals surface area contributed by atoms with Crippen molar-refractivity contribution in [2.24, 2.45) is 0 Å². The predicted molar refractivity (Wildman–Crippen MR) is 53.7 cm³/mol. The zero-order chi connectivity index (χ0) is 9.68. The Balaban J connectivity index is 2.64. The molecule has 3 nitrogen and oxygen atoms in total. The minimum atomic E-state index is 0.255. The molecule has 1 rings (SSSR count). The van der Waals surface area contributed by atoms with Gasteiger partial charge in [0.05, 0.1) is 12.7 Å². The third-order valence-electron chi connectivity index (χ3n) is 1.70. The quantitative estimate of drug-likeness (QED) is 0.770. The molecule has 0 unspecified atom stereocenters. The molecule has 0 saturated heterocycles. The van der Waals surface area contributed by atoms with E-state index >= 15 is 0 Å². The molecule has 0 aliphatic heterocycles. The smallest absolute Gasteiger partial charge is 0.131 e. The Hall–Kier alpha value is -1.09. The molecule has 1 heterocycles. The normalized spacial score (nSPS) is 10.5. The molecular weight excluding hydrogens is 164 g/mol. The van der Waals surface area contributed by atoms with Crippen LogP contribution in [0.3, 0.4) is 0 Å². The number of nitrogens with one attached hydrogen (secondary N) is 1. The summed E-state index contributed by atoms with van der Waals surface area (Å²) < 4.78 is 5.49. The van der Waals surface area contributed by atoms with Crippen LogP contribution in [0, 0.1) is 0 Å². The number of hydrogen-bond donors (Lipinski definition) is 1. The first-order chi connectivity index (χ1) is 6.24. The summed E-state index contributed by atoms with van der Waals surface area (Å²) in [5.41, 5.74) is 1.10. The summed E-state index contributed by atoms with van der Waals surface area (Å²) in [6.45, 7) is 4.66. The van der Waals surface area contributed by atoms with Gasteiger partial charge < -0.3 is 10.1 Å². The van der Waals surface area contributed by atoms with Crippen molar-refractivity contribution in [3.05, 3.63) is 23.9 Å². The van der Waals surface area contributed by atoms with Crippen LogP contribution in [0.2, 0.25) is 0 Å². The molecule has 72 valence electrons. The molecule has 0 saturated carbocycles. The molecule has 1 N–H and O–H groups in total. The van der Waals surface area contributed by atoms with Crippen molar-refractivity contribution >= 4 is 5.82 Å². The van der Waals surface area contributed by atoms with Crippen molar-refractivity contribution in [3.63, 3.8) is 0 Å². The molecule has 0 atom stereocenters. The molecule has 1 aromatic heterocycles. The number of anilines is 1. The van der Waals surface area contributed by atoms with E-state index in [9.17, 15) is 0 Å². The Morgan fingerprint density at radius 1 is 1.54 bits per heavy atom. The highest BCUT2D eigenvalue weighted by atomic mass is 16.5. The maximum absolute atomic E-state index is 5.49. The van der Waals surface area contributed by atoms with Crippen LogP contribution in [-0.4, -0.2) is 18.1 Å². The fourth-order valence-electron chi connectivity index (χ4n) is 1.04. The van der Waals surface area contributed by atoms with E-state index < -0.39 is 0 Å². The Morgan fingerprint density at radius 3 is 2.92 bits per heavy atom. The largest absolute Gasteiger partial charge is 0.374 e. The lowest BCUT2D eigenvalue weighted by Gasteiger charge is -2.10. The Morgan fingerprint density at radius 2 is 2.31 bits per heavy atom. The van der Waals surface area contributed by atoms with E-state index in [1.54, 1.807) is 6.20 Å². The number of aromatic nitrogens is 1. The summed E-state index contributed by atoms with van der Waals surface area (Å²) in [7, 11) is 1.86. The molecule has 3 heteroatoms. The molecular formula is C10H16N2O. The van der Waals surface area contributed by atoms with Crippen molar-refractivity contribution in [2.45, 2.75) is 26.6 Å². The van der Waals surface area contributed by atoms with Crippen LogP contribution in [0.25, 0.3) is 0 Å². The Bertz CT molecular complexity index is 261. The van der Waals surface area contributed by atoms with Crippen LogP contribution in [-0.2, 0) is 11.3 Å². The highest BCUT2D eigenvalue weighted by Gasteiger charge is 2.01. The minimum Gasteiger partial charge on any atom is -0.374 e. The van der Waals surface area contributed by atoms with Gasteiger partial charge >= 0.3 is 0 Å². The first kappa shape index (κ1) is 9.99. The van der Waals surface area contributed by atoms with Gasteiger partial charge in [0.1, 0.15) is 5.82 Å². The monoisotopic (exact) mass is 180 g/mol. The van der Waals surface area contributed by atoms with E-state index in [2.05, 4.69) is 10.3 Å². The highest BCUT2D eigenvalue weighted by molar-refractivity contribution is 5.42. The molecule has 0 aliphatic rings. The van der Waals surface area contributed by atoms with Crippen LogP contribution in [0.1, 0.15) is 19.4 Å². The van der Waals surface area contributed by atoms with Gasteiger partial charge in [-0.3, -0.25) is 0 Å². The average Bonchev–Trinajstić information content (AvgIpc) is 2.15. The summed E-state index contributed by atoms with van der Waals surface area (Å²) in [5, 5.41) is 3.03. The van der Waals surface area contributed by atoms with E-state index in [0.29, 0.717) is 6.61 Å². The summed E-state index contributed by atoms with van der Waals surface area (Å²) in [6.07, 6.45) is 2.02. The Kier molecular flexibility index (Phi) is 3.71. The van der Waals surface area contributed by atoms with E-state index in [1.165, 1.54) is 0 Å². The number of rotatable bonds is 4. The SMILES string of the molecule is CNc1ncccc1COC(C)C. The summed E-state index contributed by atoms with van der Waals surface area (Å²) in [5.74, 6) is 0.892. The minimum absolute atomic E-state index is 0.255. The second-order valence-electron chi connectivity index (χ2n) is 3.12. The lowest BCUT2D eigenvalue weighted by Crippen LogP contribution is -2.05. The Labute approximate surface area is 79.1 Å². The third kappa shape index (κ3) is 3.03. The fourth-order valence-corrected chi connectivity index (χ4v) is 1.04. The van der Waals surface area contributed by atoms with E-state index in [-0.39, 0.29) is 6.10 Å². The van der Waals surface area contributed by atoms with Gasteiger partial charge in [-0.05, 0) is 19.9 Å². The molecule has 0 bridgehead atoms. The summed E-state index contributed by atoms with van der Waals surface area (Å²) in [4.78, 5) is 4.18. The van der Waals surface area contributed by atoms with E-state index in [4.69, 9.17) is 4.74 Å². The molecule has 13 heavy (non-hydrogen) atoms. The number of ether oxygens (including phenoxy) is 1. The lowest BCUT2D eigenvalue weighted by molar-refractivity contribution is 0.0659. The van der Waals surface area contributed by atoms with Gasteiger partial charge in [-0.1, -0.05) is 6.07 Å². The lowest BCUT2D eigenvalue weighted by atomic mass is 10.2. The zero-order valence-electron chi connectivity index (χ0n) is 8.37. The summed E-state index contributed by atoms with van der Waals surface area (Å²) >= 11 is 0. The van der Waals surface area contributed by atoms with Crippen LogP contribution >= 0.6 is 0 Å². The number of nitrogens with zero attached hydrogens (tertiary/aromatic N) is 1. The fraction of sp³-hybridized carbons (Fsp3) is 0.500. The second-order valence-corrected chi connectivity index (χ2v) is 3.12. The summed E-state index contributed by atoms with van der Waals surface area (Å²) in [6, 6.07) is 3.93. The molecule has 0 radical (unpaired) electrons. The van der Waals surface area contributed by atoms with Crippen LogP contribution < -0.4 is 5.32 Å². The van der Waals surface area contributed by atoms with Gasteiger partial charge in [0.15, 0.2) is 0 Å². The highest BCUT2D eigenvalue weighted by Crippen LogP contribution is 2.12. The standard InChI is InChI=1S/C10H16N2O/c1-8(2)13-7-9-5-4-6-12-10(9)11-3/h4-6,8H,7H2,1-3H3,(H,11,12). The molecule has 0 spiro atoms. The maximum atomic E-state index is 5.49. The van der Waals surface area contributed by atoms with Crippen molar-refractivity contribution in [1.82, 2.24) is 4.98 Å². The molecule has 1 aromatic rings. The van der Waals surface area contributed by atoms with Crippen LogP contribution in [0.15, 0.2) is 18.3 Å². The third-order valence-corrected chi connectivity index (χ3v) is 1.70. The van der Waals surface area contributed by atoms with E-state index in [1.807, 2.05) is 33.0 Å². The first-order valence-electron chi connectivity index (χ1n) is 4.47.